The third kappa shape index (κ3) is 4.50. The molecule has 1 aromatic heterocycles. The Kier molecular flexibility index (Phi) is 5.25. The number of rotatable bonds is 7. The van der Waals surface area contributed by atoms with E-state index in [1.807, 2.05) is 24.3 Å². The van der Waals surface area contributed by atoms with Gasteiger partial charge in [-0.2, -0.15) is 0 Å². The minimum Gasteiger partial charge on any atom is -0.390 e. The van der Waals surface area contributed by atoms with Gasteiger partial charge in [0.1, 0.15) is 6.54 Å². The monoisotopic (exact) mass is 351 g/mol. The maximum atomic E-state index is 12.0. The fourth-order valence-electron chi connectivity index (χ4n) is 2.22. The van der Waals surface area contributed by atoms with Gasteiger partial charge in [-0.25, -0.2) is 4.98 Å². The molecule has 1 amide bonds. The molecule has 2 aromatic rings. The number of imidazole rings is 1. The van der Waals surface area contributed by atoms with E-state index in [0.29, 0.717) is 22.5 Å². The Balaban J connectivity index is 1.68. The van der Waals surface area contributed by atoms with E-state index in [1.54, 1.807) is 10.8 Å². The normalized spacial score (nSPS) is 14.0. The number of amides is 1. The first-order valence-corrected chi connectivity index (χ1v) is 8.84. The average Bonchev–Trinajstić information content (AvgIpc) is 3.25. The van der Waals surface area contributed by atoms with Crippen molar-refractivity contribution in [1.82, 2.24) is 14.9 Å². The molecule has 0 radical (unpaired) electrons. The lowest BCUT2D eigenvalue weighted by atomic mass is 10.2. The first-order chi connectivity index (χ1) is 11.2. The molecule has 1 heterocycles. The van der Waals surface area contributed by atoms with Crippen molar-refractivity contribution < 1.29 is 9.90 Å². The summed E-state index contributed by atoms with van der Waals surface area (Å²) >= 11 is 7.52. The summed E-state index contributed by atoms with van der Waals surface area (Å²) in [4.78, 5) is 16.4. The predicted octanol–water partition coefficient (Wildman–Crippen LogP) is 2.60. The lowest BCUT2D eigenvalue weighted by molar-refractivity contribution is -0.122. The van der Waals surface area contributed by atoms with Crippen LogP contribution in [0, 0.1) is 0 Å². The van der Waals surface area contributed by atoms with Crippen LogP contribution < -0.4 is 5.32 Å². The van der Waals surface area contributed by atoms with E-state index in [4.69, 9.17) is 11.6 Å². The highest BCUT2D eigenvalue weighted by molar-refractivity contribution is 7.98. The molecule has 1 aliphatic carbocycles. The first-order valence-electron chi connectivity index (χ1n) is 7.47. The number of halogens is 1. The largest absolute Gasteiger partial charge is 0.390 e. The number of aliphatic hydroxyl groups excluding tert-OH is 1. The van der Waals surface area contributed by atoms with Crippen LogP contribution in [-0.4, -0.2) is 26.6 Å². The third-order valence-electron chi connectivity index (χ3n) is 3.56. The summed E-state index contributed by atoms with van der Waals surface area (Å²) in [6, 6.07) is 7.98. The Morgan fingerprint density at radius 3 is 3.00 bits per heavy atom. The number of nitrogens with one attached hydrogen (secondary N) is 1. The van der Waals surface area contributed by atoms with Gasteiger partial charge in [-0.3, -0.25) is 4.79 Å². The molecule has 2 N–H and O–H groups in total. The van der Waals surface area contributed by atoms with E-state index in [-0.39, 0.29) is 19.1 Å². The van der Waals surface area contributed by atoms with Gasteiger partial charge in [0.15, 0.2) is 5.16 Å². The van der Waals surface area contributed by atoms with Crippen LogP contribution in [0.3, 0.4) is 0 Å². The molecule has 3 rings (SSSR count). The molecule has 0 saturated heterocycles. The van der Waals surface area contributed by atoms with Crippen LogP contribution in [0.2, 0.25) is 5.02 Å². The van der Waals surface area contributed by atoms with Gasteiger partial charge < -0.3 is 15.0 Å². The molecule has 122 valence electrons. The van der Waals surface area contributed by atoms with Crippen LogP contribution in [0.25, 0.3) is 0 Å². The molecule has 7 heteroatoms. The molecule has 1 saturated carbocycles. The number of aromatic nitrogens is 2. The summed E-state index contributed by atoms with van der Waals surface area (Å²) in [5.41, 5.74) is 1.73. The van der Waals surface area contributed by atoms with Gasteiger partial charge in [-0.15, -0.1) is 0 Å². The number of nitrogens with zero attached hydrogens (tertiary/aromatic N) is 2. The number of aliphatic hydroxyl groups is 1. The maximum absolute atomic E-state index is 12.0. The molecule has 0 unspecified atom stereocenters. The van der Waals surface area contributed by atoms with Crippen LogP contribution in [0.5, 0.6) is 0 Å². The van der Waals surface area contributed by atoms with Crippen LogP contribution in [0.1, 0.15) is 24.1 Å². The van der Waals surface area contributed by atoms with Crippen molar-refractivity contribution in [2.75, 3.05) is 0 Å². The van der Waals surface area contributed by atoms with Gasteiger partial charge in [-0.05, 0) is 30.5 Å². The zero-order chi connectivity index (χ0) is 16.2. The van der Waals surface area contributed by atoms with Crippen molar-refractivity contribution in [2.24, 2.45) is 0 Å². The highest BCUT2D eigenvalue weighted by Gasteiger charge is 2.24. The Morgan fingerprint density at radius 2 is 2.30 bits per heavy atom. The van der Waals surface area contributed by atoms with Gasteiger partial charge >= 0.3 is 0 Å². The van der Waals surface area contributed by atoms with E-state index in [1.165, 1.54) is 11.8 Å². The van der Waals surface area contributed by atoms with Crippen molar-refractivity contribution >= 4 is 29.3 Å². The maximum Gasteiger partial charge on any atom is 0.240 e. The van der Waals surface area contributed by atoms with Gasteiger partial charge in [-0.1, -0.05) is 35.5 Å². The molecule has 0 bridgehead atoms. The minimum atomic E-state index is -0.137. The second-order valence-electron chi connectivity index (χ2n) is 5.54. The van der Waals surface area contributed by atoms with E-state index in [2.05, 4.69) is 10.3 Å². The van der Waals surface area contributed by atoms with Crippen molar-refractivity contribution in [2.45, 2.75) is 42.9 Å². The van der Waals surface area contributed by atoms with Crippen LogP contribution in [0.15, 0.2) is 35.6 Å². The molecule has 5 nitrogen and oxygen atoms in total. The summed E-state index contributed by atoms with van der Waals surface area (Å²) in [6.07, 6.45) is 3.72. The SMILES string of the molecule is O=C(Cn1c(CO)cnc1SCc1cccc(Cl)c1)NC1CC1. The Bertz CT molecular complexity index is 700. The van der Waals surface area contributed by atoms with Gasteiger partial charge in [0.05, 0.1) is 18.5 Å². The van der Waals surface area contributed by atoms with Gasteiger partial charge in [0, 0.05) is 16.8 Å². The smallest absolute Gasteiger partial charge is 0.240 e. The number of hydrogen-bond donors (Lipinski definition) is 2. The number of hydrogen-bond acceptors (Lipinski definition) is 4. The van der Waals surface area contributed by atoms with Crippen LogP contribution in [0.4, 0.5) is 0 Å². The predicted molar refractivity (Wildman–Crippen MR) is 90.3 cm³/mol. The van der Waals surface area contributed by atoms with E-state index >= 15 is 0 Å². The number of carbonyl (C=O) groups excluding carboxylic acids is 1. The Morgan fingerprint density at radius 1 is 1.48 bits per heavy atom. The highest BCUT2D eigenvalue weighted by Crippen LogP contribution is 2.25. The van der Waals surface area contributed by atoms with E-state index in [9.17, 15) is 9.90 Å². The molecule has 1 aromatic carbocycles. The van der Waals surface area contributed by atoms with Crippen LogP contribution >= 0.6 is 23.4 Å². The fourth-order valence-corrected chi connectivity index (χ4v) is 3.37. The second-order valence-corrected chi connectivity index (χ2v) is 6.92. The van der Waals surface area contributed by atoms with E-state index < -0.39 is 0 Å². The Labute approximate surface area is 144 Å². The standard InChI is InChI=1S/C16H18ClN3O2S/c17-12-3-1-2-11(6-12)10-23-16-18-7-14(9-21)20(16)8-15(22)19-13-4-5-13/h1-3,6-7,13,21H,4-5,8-10H2,(H,19,22). The topological polar surface area (TPSA) is 67.2 Å². The van der Waals surface area contributed by atoms with Crippen molar-refractivity contribution in [3.63, 3.8) is 0 Å². The van der Waals surface area contributed by atoms with Crippen molar-refractivity contribution in [3.8, 4) is 0 Å². The molecular formula is C16H18ClN3O2S. The van der Waals surface area contributed by atoms with E-state index in [0.717, 1.165) is 23.6 Å². The summed E-state index contributed by atoms with van der Waals surface area (Å²) in [7, 11) is 0. The average molecular weight is 352 g/mol. The van der Waals surface area contributed by atoms with Gasteiger partial charge in [0.25, 0.3) is 0 Å². The first kappa shape index (κ1) is 16.4. The number of thioether (sulfide) groups is 1. The quantitative estimate of drug-likeness (QED) is 0.752. The zero-order valence-electron chi connectivity index (χ0n) is 12.5. The fraction of sp³-hybridized carbons (Fsp3) is 0.375. The summed E-state index contributed by atoms with van der Waals surface area (Å²) < 4.78 is 1.77. The summed E-state index contributed by atoms with van der Waals surface area (Å²) in [6.45, 7) is 0.0473. The molecule has 0 aliphatic heterocycles. The van der Waals surface area contributed by atoms with Gasteiger partial charge in [0.2, 0.25) is 5.91 Å². The number of benzene rings is 1. The second kappa shape index (κ2) is 7.38. The molecular weight excluding hydrogens is 334 g/mol. The third-order valence-corrected chi connectivity index (χ3v) is 4.86. The molecule has 0 spiro atoms. The summed E-state index contributed by atoms with van der Waals surface area (Å²) in [5.74, 6) is 0.664. The molecule has 0 atom stereocenters. The molecule has 1 aliphatic rings. The lowest BCUT2D eigenvalue weighted by Crippen LogP contribution is -2.30. The lowest BCUT2D eigenvalue weighted by Gasteiger charge is -2.11. The van der Waals surface area contributed by atoms with Crippen LogP contribution in [-0.2, 0) is 23.7 Å². The molecule has 1 fully saturated rings. The number of carbonyl (C=O) groups is 1. The zero-order valence-corrected chi connectivity index (χ0v) is 14.1. The minimum absolute atomic E-state index is 0.0372. The Hall–Kier alpha value is -1.50. The highest BCUT2D eigenvalue weighted by atomic mass is 35.5. The summed E-state index contributed by atoms with van der Waals surface area (Å²) in [5, 5.41) is 13.8. The van der Waals surface area contributed by atoms with Crippen molar-refractivity contribution in [3.05, 3.63) is 46.7 Å². The molecule has 23 heavy (non-hydrogen) atoms. The van der Waals surface area contributed by atoms with Crippen molar-refractivity contribution in [1.29, 1.82) is 0 Å².